The van der Waals surface area contributed by atoms with Crippen molar-refractivity contribution in [3.05, 3.63) is 88.5 Å². The highest BCUT2D eigenvalue weighted by Gasteiger charge is 2.12. The number of carbonyl (C=O) groups is 2. The normalized spacial score (nSPS) is 11.8. The molecule has 0 aliphatic heterocycles. The van der Waals surface area contributed by atoms with Crippen LogP contribution in [0.2, 0.25) is 0 Å². The Balaban J connectivity index is 1.54. The monoisotopic (exact) mass is 501 g/mol. The van der Waals surface area contributed by atoms with Crippen LogP contribution in [0.1, 0.15) is 65.7 Å². The highest BCUT2D eigenvalue weighted by Crippen LogP contribution is 2.32. The molecular formula is C32H39NO4. The second-order valence-corrected chi connectivity index (χ2v) is 10.1. The first-order valence-electron chi connectivity index (χ1n) is 13.0. The number of aryl methyl sites for hydroxylation is 2. The van der Waals surface area contributed by atoms with Gasteiger partial charge in [0.15, 0.2) is 0 Å². The van der Waals surface area contributed by atoms with Gasteiger partial charge in [0.05, 0.1) is 20.1 Å². The number of esters is 1. The number of rotatable bonds is 11. The molecule has 0 spiro atoms. The van der Waals surface area contributed by atoms with Crippen LogP contribution >= 0.6 is 0 Å². The summed E-state index contributed by atoms with van der Waals surface area (Å²) in [5, 5.41) is 2.73. The van der Waals surface area contributed by atoms with Crippen molar-refractivity contribution in [1.29, 1.82) is 0 Å². The van der Waals surface area contributed by atoms with E-state index < -0.39 is 0 Å². The number of methoxy groups -OCH3 is 1. The summed E-state index contributed by atoms with van der Waals surface area (Å²) in [5.74, 6) is 1.18. The number of hydrogen-bond donors (Lipinski definition) is 1. The number of benzene rings is 3. The fourth-order valence-corrected chi connectivity index (χ4v) is 4.47. The van der Waals surface area contributed by atoms with E-state index in [4.69, 9.17) is 4.74 Å². The molecule has 1 atom stereocenters. The predicted molar refractivity (Wildman–Crippen MR) is 149 cm³/mol. The molecule has 5 heteroatoms. The first-order valence-corrected chi connectivity index (χ1v) is 13.0. The second kappa shape index (κ2) is 13.1. The van der Waals surface area contributed by atoms with E-state index in [0.717, 1.165) is 17.7 Å². The second-order valence-electron chi connectivity index (χ2n) is 10.1. The minimum atomic E-state index is -0.343. The van der Waals surface area contributed by atoms with Gasteiger partial charge in [0.2, 0.25) is 0 Å². The highest BCUT2D eigenvalue weighted by atomic mass is 16.5. The lowest BCUT2D eigenvalue weighted by atomic mass is 9.93. The largest absolute Gasteiger partial charge is 0.493 e. The fourth-order valence-electron chi connectivity index (χ4n) is 4.47. The zero-order valence-electron chi connectivity index (χ0n) is 22.9. The molecule has 1 N–H and O–H groups in total. The Bertz CT molecular complexity index is 1170. The first-order chi connectivity index (χ1) is 17.7. The standard InChI is InChI=1S/C32H39NO4/c1-21(2)26-11-13-27(14-12-26)31-23(4)18-29(19-24(31)5)37-20-22(3)17-25-7-9-28(10-8-25)32(35)33-16-15-30(34)36-6/h7-14,18-19,21-22H,15-17,20H2,1-6H3,(H,33,35). The van der Waals surface area contributed by atoms with Gasteiger partial charge in [-0.25, -0.2) is 0 Å². The molecule has 0 bridgehead atoms. The van der Waals surface area contributed by atoms with E-state index in [1.165, 1.54) is 34.9 Å². The lowest BCUT2D eigenvalue weighted by Crippen LogP contribution is -2.26. The van der Waals surface area contributed by atoms with Crippen molar-refractivity contribution in [3.63, 3.8) is 0 Å². The van der Waals surface area contributed by atoms with Crippen LogP contribution < -0.4 is 10.1 Å². The Kier molecular flexibility index (Phi) is 9.90. The molecule has 0 heterocycles. The van der Waals surface area contributed by atoms with Crippen LogP contribution in [0, 0.1) is 19.8 Å². The lowest BCUT2D eigenvalue weighted by Gasteiger charge is -2.17. The van der Waals surface area contributed by atoms with E-state index in [-0.39, 0.29) is 24.8 Å². The summed E-state index contributed by atoms with van der Waals surface area (Å²) in [6.07, 6.45) is 1.01. The average molecular weight is 502 g/mol. The minimum absolute atomic E-state index is 0.158. The van der Waals surface area contributed by atoms with Gasteiger partial charge in [-0.05, 0) is 89.8 Å². The van der Waals surface area contributed by atoms with Crippen molar-refractivity contribution in [3.8, 4) is 16.9 Å². The maximum absolute atomic E-state index is 12.2. The summed E-state index contributed by atoms with van der Waals surface area (Å²) in [6, 6.07) is 20.7. The van der Waals surface area contributed by atoms with Gasteiger partial charge in [-0.3, -0.25) is 9.59 Å². The quantitative estimate of drug-likeness (QED) is 0.299. The molecule has 0 fully saturated rings. The van der Waals surface area contributed by atoms with Crippen LogP contribution in [0.25, 0.3) is 11.1 Å². The van der Waals surface area contributed by atoms with Gasteiger partial charge >= 0.3 is 5.97 Å². The van der Waals surface area contributed by atoms with Crippen molar-refractivity contribution in [2.45, 2.75) is 53.4 Å². The third-order valence-corrected chi connectivity index (χ3v) is 6.55. The summed E-state index contributed by atoms with van der Waals surface area (Å²) in [7, 11) is 1.33. The number of ether oxygens (including phenoxy) is 2. The molecule has 5 nitrogen and oxygen atoms in total. The predicted octanol–water partition coefficient (Wildman–Crippen LogP) is 6.64. The summed E-state index contributed by atoms with van der Waals surface area (Å²) in [5.41, 5.74) is 7.99. The van der Waals surface area contributed by atoms with Crippen LogP contribution in [0.15, 0.2) is 60.7 Å². The molecule has 37 heavy (non-hydrogen) atoms. The van der Waals surface area contributed by atoms with E-state index in [1.54, 1.807) is 0 Å². The maximum Gasteiger partial charge on any atom is 0.307 e. The Labute approximate surface area is 221 Å². The van der Waals surface area contributed by atoms with Gasteiger partial charge < -0.3 is 14.8 Å². The van der Waals surface area contributed by atoms with Gasteiger partial charge in [-0.15, -0.1) is 0 Å². The van der Waals surface area contributed by atoms with Crippen LogP contribution in [-0.4, -0.2) is 32.1 Å². The molecule has 0 aliphatic carbocycles. The SMILES string of the molecule is COC(=O)CCNC(=O)c1ccc(CC(C)COc2cc(C)c(-c3ccc(C(C)C)cc3)c(C)c2)cc1. The van der Waals surface area contributed by atoms with Crippen LogP contribution in [0.4, 0.5) is 0 Å². The summed E-state index contributed by atoms with van der Waals surface area (Å²) >= 11 is 0. The third kappa shape index (κ3) is 7.94. The molecule has 3 rings (SSSR count). The van der Waals surface area contributed by atoms with Crippen molar-refractivity contribution in [2.75, 3.05) is 20.3 Å². The average Bonchev–Trinajstić information content (AvgIpc) is 2.87. The topological polar surface area (TPSA) is 64.6 Å². The molecule has 196 valence electrons. The van der Waals surface area contributed by atoms with E-state index in [1.807, 2.05) is 24.3 Å². The van der Waals surface area contributed by atoms with Crippen LogP contribution in [0.5, 0.6) is 5.75 Å². The fraction of sp³-hybridized carbons (Fsp3) is 0.375. The van der Waals surface area contributed by atoms with Crippen LogP contribution in [-0.2, 0) is 16.0 Å². The molecule has 1 unspecified atom stereocenters. The lowest BCUT2D eigenvalue weighted by molar-refractivity contribution is -0.140. The zero-order chi connectivity index (χ0) is 26.9. The number of carbonyl (C=O) groups excluding carboxylic acids is 2. The van der Waals surface area contributed by atoms with Crippen molar-refractivity contribution in [1.82, 2.24) is 5.32 Å². The molecule has 3 aromatic rings. The van der Waals surface area contributed by atoms with E-state index in [9.17, 15) is 9.59 Å². The number of nitrogens with one attached hydrogen (secondary N) is 1. The van der Waals surface area contributed by atoms with Crippen molar-refractivity contribution < 1.29 is 19.1 Å². The minimum Gasteiger partial charge on any atom is -0.493 e. The van der Waals surface area contributed by atoms with Gasteiger partial charge in [-0.1, -0.05) is 57.2 Å². The first kappa shape index (κ1) is 28.0. The van der Waals surface area contributed by atoms with Gasteiger partial charge in [0.1, 0.15) is 5.75 Å². The number of hydrogen-bond acceptors (Lipinski definition) is 4. The molecule has 0 saturated heterocycles. The van der Waals surface area contributed by atoms with E-state index >= 15 is 0 Å². The smallest absolute Gasteiger partial charge is 0.307 e. The Morgan fingerprint density at radius 2 is 1.51 bits per heavy atom. The molecule has 0 saturated carbocycles. The van der Waals surface area contributed by atoms with Crippen molar-refractivity contribution >= 4 is 11.9 Å². The Morgan fingerprint density at radius 3 is 2.08 bits per heavy atom. The highest BCUT2D eigenvalue weighted by molar-refractivity contribution is 5.94. The molecular weight excluding hydrogens is 462 g/mol. The number of amides is 1. The summed E-state index contributed by atoms with van der Waals surface area (Å²) in [4.78, 5) is 23.4. The summed E-state index contributed by atoms with van der Waals surface area (Å²) < 4.78 is 10.8. The molecule has 0 aromatic heterocycles. The third-order valence-electron chi connectivity index (χ3n) is 6.55. The van der Waals surface area contributed by atoms with Crippen LogP contribution in [0.3, 0.4) is 0 Å². The van der Waals surface area contributed by atoms with Gasteiger partial charge in [0, 0.05) is 12.1 Å². The van der Waals surface area contributed by atoms with E-state index in [0.29, 0.717) is 24.0 Å². The van der Waals surface area contributed by atoms with E-state index in [2.05, 4.69) is 81.1 Å². The van der Waals surface area contributed by atoms with Gasteiger partial charge in [0.25, 0.3) is 5.91 Å². The molecule has 0 radical (unpaired) electrons. The Hall–Kier alpha value is -3.60. The van der Waals surface area contributed by atoms with Gasteiger partial charge in [-0.2, -0.15) is 0 Å². The molecule has 3 aromatic carbocycles. The Morgan fingerprint density at radius 1 is 0.892 bits per heavy atom. The maximum atomic E-state index is 12.2. The molecule has 0 aliphatic rings. The summed E-state index contributed by atoms with van der Waals surface area (Å²) in [6.45, 7) is 11.7. The molecule has 1 amide bonds. The zero-order valence-corrected chi connectivity index (χ0v) is 22.9. The van der Waals surface area contributed by atoms with Crippen molar-refractivity contribution in [2.24, 2.45) is 5.92 Å².